The van der Waals surface area contributed by atoms with Crippen molar-refractivity contribution in [2.75, 3.05) is 40.9 Å². The number of quaternary nitrogens is 1. The van der Waals surface area contributed by atoms with Gasteiger partial charge in [-0.3, -0.25) is 9.36 Å². The molecule has 0 fully saturated rings. The van der Waals surface area contributed by atoms with Crippen molar-refractivity contribution < 1.29 is 32.9 Å². The lowest BCUT2D eigenvalue weighted by Crippen LogP contribution is -2.45. The van der Waals surface area contributed by atoms with E-state index in [4.69, 9.17) is 9.05 Å². The third-order valence-corrected chi connectivity index (χ3v) is 13.0. The van der Waals surface area contributed by atoms with Gasteiger partial charge in [-0.25, -0.2) is 0 Å². The van der Waals surface area contributed by atoms with Gasteiger partial charge in [0.25, 0.3) is 7.82 Å². The first-order valence-electron chi connectivity index (χ1n) is 27.0. The summed E-state index contributed by atoms with van der Waals surface area (Å²) in [7, 11) is 1.23. The van der Waals surface area contributed by atoms with Crippen LogP contribution in [0.25, 0.3) is 0 Å². The first-order chi connectivity index (χ1) is 31.0. The highest BCUT2D eigenvalue weighted by Gasteiger charge is 2.23. The second-order valence-electron chi connectivity index (χ2n) is 19.6. The number of phosphoric acid groups is 1. The minimum absolute atomic E-state index is 0.0103. The van der Waals surface area contributed by atoms with Gasteiger partial charge in [-0.05, 0) is 57.8 Å². The Balaban J connectivity index is 4.19. The summed E-state index contributed by atoms with van der Waals surface area (Å²) in [5.41, 5.74) is 0. The second kappa shape index (κ2) is 46.6. The molecule has 0 aliphatic heterocycles. The maximum atomic E-state index is 12.9. The molecule has 64 heavy (non-hydrogen) atoms. The number of aliphatic hydroxyl groups is 1. The second-order valence-corrected chi connectivity index (χ2v) is 21.0. The van der Waals surface area contributed by atoms with E-state index in [1.54, 1.807) is 6.08 Å². The van der Waals surface area contributed by atoms with Crippen molar-refractivity contribution in [1.29, 1.82) is 0 Å². The summed E-state index contributed by atoms with van der Waals surface area (Å²) >= 11 is 0. The van der Waals surface area contributed by atoms with Crippen LogP contribution in [-0.4, -0.2) is 68.5 Å². The molecule has 9 heteroatoms. The van der Waals surface area contributed by atoms with E-state index in [1.165, 1.54) is 154 Å². The number of nitrogens with one attached hydrogen (secondary N) is 1. The topological polar surface area (TPSA) is 108 Å². The van der Waals surface area contributed by atoms with Crippen LogP contribution < -0.4 is 10.2 Å². The fourth-order valence-electron chi connectivity index (χ4n) is 7.74. The van der Waals surface area contributed by atoms with Crippen LogP contribution in [0.1, 0.15) is 245 Å². The van der Waals surface area contributed by atoms with E-state index < -0.39 is 26.6 Å². The van der Waals surface area contributed by atoms with E-state index >= 15 is 0 Å². The highest BCUT2D eigenvalue weighted by molar-refractivity contribution is 7.45. The van der Waals surface area contributed by atoms with Crippen molar-refractivity contribution in [3.8, 4) is 0 Å². The van der Waals surface area contributed by atoms with Crippen LogP contribution in [-0.2, 0) is 18.4 Å². The molecule has 1 amide bonds. The summed E-state index contributed by atoms with van der Waals surface area (Å²) in [5, 5.41) is 13.8. The molecule has 0 aromatic carbocycles. The lowest BCUT2D eigenvalue weighted by molar-refractivity contribution is -0.870. The van der Waals surface area contributed by atoms with Gasteiger partial charge in [-0.15, -0.1) is 0 Å². The zero-order valence-corrected chi connectivity index (χ0v) is 43.6. The van der Waals surface area contributed by atoms with Crippen LogP contribution in [0.15, 0.2) is 48.6 Å². The number of amides is 1. The molecule has 0 heterocycles. The molecule has 0 radical (unpaired) electrons. The van der Waals surface area contributed by atoms with Gasteiger partial charge < -0.3 is 28.8 Å². The number of hydrogen-bond acceptors (Lipinski definition) is 6. The van der Waals surface area contributed by atoms with E-state index in [1.807, 2.05) is 27.2 Å². The molecule has 376 valence electrons. The van der Waals surface area contributed by atoms with Crippen molar-refractivity contribution in [3.05, 3.63) is 48.6 Å². The van der Waals surface area contributed by atoms with E-state index in [9.17, 15) is 19.4 Å². The van der Waals surface area contributed by atoms with Crippen LogP contribution in [0, 0.1) is 0 Å². The number of unbranched alkanes of at least 4 members (excludes halogenated alkanes) is 30. The summed E-state index contributed by atoms with van der Waals surface area (Å²) in [5.74, 6) is -0.222. The molecule has 8 nitrogen and oxygen atoms in total. The summed E-state index contributed by atoms with van der Waals surface area (Å²) in [6, 6.07) is -0.911. The highest BCUT2D eigenvalue weighted by atomic mass is 31.2. The molecular weight excluding hydrogens is 816 g/mol. The van der Waals surface area contributed by atoms with Crippen LogP contribution in [0.2, 0.25) is 0 Å². The van der Waals surface area contributed by atoms with Gasteiger partial charge in [-0.1, -0.05) is 229 Å². The fraction of sp³-hybridized carbons (Fsp3) is 0.836. The maximum absolute atomic E-state index is 12.9. The van der Waals surface area contributed by atoms with Crippen LogP contribution in [0.5, 0.6) is 0 Å². The number of likely N-dealkylation sites (N-methyl/N-ethyl adjacent to an activating group) is 1. The van der Waals surface area contributed by atoms with Crippen molar-refractivity contribution >= 4 is 13.7 Å². The Morgan fingerprint density at radius 2 is 0.953 bits per heavy atom. The number of phosphoric ester groups is 1. The minimum Gasteiger partial charge on any atom is -0.756 e. The molecule has 3 atom stereocenters. The average molecular weight is 921 g/mol. The summed E-state index contributed by atoms with van der Waals surface area (Å²) < 4.78 is 23.2. The van der Waals surface area contributed by atoms with Crippen LogP contribution >= 0.6 is 7.82 Å². The third kappa shape index (κ3) is 48.4. The van der Waals surface area contributed by atoms with Crippen molar-refractivity contribution in [2.24, 2.45) is 0 Å². The molecule has 2 N–H and O–H groups in total. The van der Waals surface area contributed by atoms with Crippen molar-refractivity contribution in [3.63, 3.8) is 0 Å². The molecule has 0 aromatic heterocycles. The number of allylic oxidation sites excluding steroid dienone is 7. The lowest BCUT2D eigenvalue weighted by atomic mass is 10.0. The molecule has 0 rings (SSSR count). The molecule has 0 bridgehead atoms. The molecule has 0 aromatic rings. The lowest BCUT2D eigenvalue weighted by Gasteiger charge is -2.29. The monoisotopic (exact) mass is 921 g/mol. The molecular formula is C55H105N2O6P. The Morgan fingerprint density at radius 1 is 0.547 bits per heavy atom. The van der Waals surface area contributed by atoms with Gasteiger partial charge in [0.05, 0.1) is 39.9 Å². The predicted octanol–water partition coefficient (Wildman–Crippen LogP) is 15.3. The average Bonchev–Trinajstić information content (AvgIpc) is 3.25. The molecule has 3 unspecified atom stereocenters. The minimum atomic E-state index is -4.60. The summed E-state index contributed by atoms with van der Waals surface area (Å²) in [6.45, 7) is 4.56. The Hall–Kier alpha value is -1.54. The number of aliphatic hydroxyl groups excluding tert-OH is 1. The van der Waals surface area contributed by atoms with E-state index in [0.717, 1.165) is 70.6 Å². The molecule has 0 saturated carbocycles. The highest BCUT2D eigenvalue weighted by Crippen LogP contribution is 2.38. The van der Waals surface area contributed by atoms with Gasteiger partial charge in [0.2, 0.25) is 5.91 Å². The first-order valence-corrected chi connectivity index (χ1v) is 28.5. The van der Waals surface area contributed by atoms with Gasteiger partial charge in [0, 0.05) is 6.42 Å². The molecule has 0 aliphatic carbocycles. The number of carbonyl (C=O) groups excluding carboxylic acids is 1. The molecule has 0 aliphatic rings. The Bertz CT molecular complexity index is 1180. The van der Waals surface area contributed by atoms with Crippen LogP contribution in [0.4, 0.5) is 0 Å². The summed E-state index contributed by atoms with van der Waals surface area (Å²) in [4.78, 5) is 25.4. The number of rotatable bonds is 49. The Kier molecular flexibility index (Phi) is 45.4. The van der Waals surface area contributed by atoms with Crippen molar-refractivity contribution in [2.45, 2.75) is 257 Å². The SMILES string of the molecule is CCC/C=C\C/C=C\CCCCCCCC(=O)NC(COP(=O)([O-])OCC[N+](C)(C)C)C(O)/C=C/CC/C=C/CCCCCCCCCCCCCCCCCCCCCCCCC. The van der Waals surface area contributed by atoms with Gasteiger partial charge in [-0.2, -0.15) is 0 Å². The van der Waals surface area contributed by atoms with Crippen molar-refractivity contribution in [1.82, 2.24) is 5.32 Å². The first kappa shape index (κ1) is 62.5. The largest absolute Gasteiger partial charge is 0.756 e. The Morgan fingerprint density at radius 3 is 1.42 bits per heavy atom. The van der Waals surface area contributed by atoms with E-state index in [-0.39, 0.29) is 12.5 Å². The van der Waals surface area contributed by atoms with Crippen LogP contribution in [0.3, 0.4) is 0 Å². The zero-order chi connectivity index (χ0) is 47.1. The fourth-order valence-corrected chi connectivity index (χ4v) is 8.46. The van der Waals surface area contributed by atoms with E-state index in [0.29, 0.717) is 17.4 Å². The normalized spacial score (nSPS) is 14.4. The smallest absolute Gasteiger partial charge is 0.268 e. The number of carbonyl (C=O) groups is 1. The van der Waals surface area contributed by atoms with Gasteiger partial charge in [0.15, 0.2) is 0 Å². The summed E-state index contributed by atoms with van der Waals surface area (Å²) in [6.07, 6.45) is 60.6. The molecule has 0 saturated heterocycles. The third-order valence-electron chi connectivity index (χ3n) is 12.0. The quantitative estimate of drug-likeness (QED) is 0.0272. The maximum Gasteiger partial charge on any atom is 0.268 e. The number of nitrogens with zero attached hydrogens (tertiary/aromatic N) is 1. The Labute approximate surface area is 397 Å². The standard InChI is InChI=1S/C55H105N2O6P/c1-6-8-10-12-14-16-18-20-21-22-23-24-25-26-27-28-29-30-31-32-33-34-35-37-38-40-42-44-46-48-54(58)53(52-63-64(60,61)62-51-50-57(3,4)5)56-55(59)49-47-45-43-41-39-36-19-17-15-13-11-9-7-2/h11,13,17,19,38,40,46,48,53-54,58H,6-10,12,14-16,18,20-37,39,41-45,47,49-52H2,1-5H3,(H-,56,59,60,61)/b13-11-,19-17-,40-38+,48-46+. The predicted molar refractivity (Wildman–Crippen MR) is 274 cm³/mol. The van der Waals surface area contributed by atoms with Gasteiger partial charge in [0.1, 0.15) is 13.2 Å². The van der Waals surface area contributed by atoms with Gasteiger partial charge >= 0.3 is 0 Å². The zero-order valence-electron chi connectivity index (χ0n) is 42.7. The van der Waals surface area contributed by atoms with E-state index in [2.05, 4.69) is 55.6 Å². The number of hydrogen-bond donors (Lipinski definition) is 2. The molecule has 0 spiro atoms.